The molecule has 8 heteroatoms. The van der Waals surface area contributed by atoms with Gasteiger partial charge >= 0.3 is 12.0 Å². The molecule has 1 atom stereocenters. The number of hydrogen-bond acceptors (Lipinski definition) is 4. The average Bonchev–Trinajstić information content (AvgIpc) is 2.28. The highest BCUT2D eigenvalue weighted by atomic mass is 32.2. The van der Waals surface area contributed by atoms with Gasteiger partial charge in [0.2, 0.25) is 5.91 Å². The molecule has 0 spiro atoms. The van der Waals surface area contributed by atoms with E-state index in [0.29, 0.717) is 0 Å². The first-order valence-electron chi connectivity index (χ1n) is 5.65. The van der Waals surface area contributed by atoms with Gasteiger partial charge in [0.1, 0.15) is 6.04 Å². The minimum atomic E-state index is -1.28. The molecule has 0 aromatic carbocycles. The molecule has 1 saturated heterocycles. The highest BCUT2D eigenvalue weighted by Crippen LogP contribution is 2.16. The van der Waals surface area contributed by atoms with Crippen molar-refractivity contribution in [2.45, 2.75) is 31.3 Å². The summed E-state index contributed by atoms with van der Waals surface area (Å²) < 4.78 is 0. The molecule has 18 heavy (non-hydrogen) atoms. The third kappa shape index (κ3) is 5.26. The van der Waals surface area contributed by atoms with Gasteiger partial charge in [-0.15, -0.1) is 0 Å². The highest BCUT2D eigenvalue weighted by molar-refractivity contribution is 7.99. The van der Waals surface area contributed by atoms with E-state index in [-0.39, 0.29) is 6.04 Å². The predicted octanol–water partition coefficient (Wildman–Crippen LogP) is -0.490. The van der Waals surface area contributed by atoms with E-state index in [1.807, 2.05) is 11.8 Å². The molecule has 1 aliphatic heterocycles. The Morgan fingerprint density at radius 3 is 2.44 bits per heavy atom. The number of amides is 3. The summed E-state index contributed by atoms with van der Waals surface area (Å²) in [7, 11) is 0. The van der Waals surface area contributed by atoms with Crippen molar-refractivity contribution < 1.29 is 19.5 Å². The highest BCUT2D eigenvalue weighted by Gasteiger charge is 2.23. The molecule has 0 radical (unpaired) electrons. The van der Waals surface area contributed by atoms with Crippen LogP contribution in [-0.2, 0) is 9.59 Å². The Kier molecular flexibility index (Phi) is 5.76. The van der Waals surface area contributed by atoms with E-state index in [0.717, 1.165) is 24.3 Å². The number of rotatable bonds is 5. The number of nitrogens with two attached hydrogens (primary N) is 1. The molecule has 0 saturated carbocycles. The van der Waals surface area contributed by atoms with Crippen LogP contribution in [0.4, 0.5) is 4.79 Å². The van der Waals surface area contributed by atoms with E-state index < -0.39 is 30.4 Å². The van der Waals surface area contributed by atoms with Crippen LogP contribution in [0.15, 0.2) is 0 Å². The van der Waals surface area contributed by atoms with Crippen LogP contribution in [0.3, 0.4) is 0 Å². The fraction of sp³-hybridized carbons (Fsp3) is 0.700. The van der Waals surface area contributed by atoms with Gasteiger partial charge in [0.15, 0.2) is 0 Å². The second-order valence-electron chi connectivity index (χ2n) is 4.07. The normalized spacial score (nSPS) is 17.8. The lowest BCUT2D eigenvalue weighted by Gasteiger charge is -2.23. The third-order valence-corrected chi connectivity index (χ3v) is 3.61. The number of carbonyl (C=O) groups is 3. The van der Waals surface area contributed by atoms with Crippen LogP contribution < -0.4 is 16.4 Å². The smallest absolute Gasteiger partial charge is 0.326 e. The van der Waals surface area contributed by atoms with Crippen LogP contribution in [0.5, 0.6) is 0 Å². The van der Waals surface area contributed by atoms with E-state index in [2.05, 4.69) is 10.6 Å². The van der Waals surface area contributed by atoms with Crippen molar-refractivity contribution in [1.82, 2.24) is 10.6 Å². The lowest BCUT2D eigenvalue weighted by atomic mass is 10.1. The molecular weight excluding hydrogens is 258 g/mol. The first-order chi connectivity index (χ1) is 8.49. The van der Waals surface area contributed by atoms with Gasteiger partial charge in [-0.05, 0) is 24.3 Å². The summed E-state index contributed by atoms with van der Waals surface area (Å²) in [6.45, 7) is 0. The first-order valence-corrected chi connectivity index (χ1v) is 6.80. The first kappa shape index (κ1) is 14.6. The number of thioether (sulfide) groups is 1. The summed E-state index contributed by atoms with van der Waals surface area (Å²) >= 11 is 1.83. The largest absolute Gasteiger partial charge is 0.480 e. The van der Waals surface area contributed by atoms with E-state index in [1.165, 1.54) is 0 Å². The average molecular weight is 275 g/mol. The van der Waals surface area contributed by atoms with Gasteiger partial charge in [0.05, 0.1) is 6.42 Å². The molecular formula is C10H17N3O4S. The van der Waals surface area contributed by atoms with Gasteiger partial charge in [-0.1, -0.05) is 0 Å². The minimum absolute atomic E-state index is 0.0641. The number of carbonyl (C=O) groups excluding carboxylic acids is 2. The van der Waals surface area contributed by atoms with Crippen molar-refractivity contribution in [3.05, 3.63) is 0 Å². The number of nitrogens with one attached hydrogen (secondary N) is 2. The molecule has 5 N–H and O–H groups in total. The topological polar surface area (TPSA) is 122 Å². The summed E-state index contributed by atoms with van der Waals surface area (Å²) in [5, 5.41) is 13.8. The van der Waals surface area contributed by atoms with Crippen LogP contribution in [0, 0.1) is 0 Å². The zero-order valence-corrected chi connectivity index (χ0v) is 10.7. The monoisotopic (exact) mass is 275 g/mol. The van der Waals surface area contributed by atoms with Gasteiger partial charge in [-0.3, -0.25) is 4.79 Å². The van der Waals surface area contributed by atoms with Gasteiger partial charge < -0.3 is 21.5 Å². The Morgan fingerprint density at radius 1 is 1.33 bits per heavy atom. The quantitative estimate of drug-likeness (QED) is 0.539. The number of carboxylic acid groups (broad SMARTS) is 1. The molecule has 1 aliphatic rings. The summed E-state index contributed by atoms with van der Waals surface area (Å²) in [6.07, 6.45) is 1.32. The van der Waals surface area contributed by atoms with Crippen LogP contribution in [0.2, 0.25) is 0 Å². The zero-order chi connectivity index (χ0) is 13.5. The lowest BCUT2D eigenvalue weighted by Crippen LogP contribution is -2.50. The number of carboxylic acids is 1. The van der Waals surface area contributed by atoms with E-state index >= 15 is 0 Å². The van der Waals surface area contributed by atoms with E-state index in [4.69, 9.17) is 10.8 Å². The Labute approximate surface area is 109 Å². The summed E-state index contributed by atoms with van der Waals surface area (Å²) in [4.78, 5) is 33.0. The number of hydrogen-bond donors (Lipinski definition) is 4. The van der Waals surface area contributed by atoms with Crippen molar-refractivity contribution in [2.24, 2.45) is 5.73 Å². The Bertz CT molecular complexity index is 331. The molecule has 0 aromatic rings. The van der Waals surface area contributed by atoms with Crippen molar-refractivity contribution in [3.8, 4) is 0 Å². The molecule has 1 rings (SSSR count). The number of aliphatic carboxylic acids is 1. The van der Waals surface area contributed by atoms with Crippen LogP contribution >= 0.6 is 11.8 Å². The molecule has 1 fully saturated rings. The number of primary amides is 1. The van der Waals surface area contributed by atoms with Gasteiger partial charge in [-0.25, -0.2) is 9.59 Å². The zero-order valence-electron chi connectivity index (χ0n) is 9.85. The van der Waals surface area contributed by atoms with Crippen molar-refractivity contribution in [1.29, 1.82) is 0 Å². The predicted molar refractivity (Wildman–Crippen MR) is 67.2 cm³/mol. The molecule has 7 nitrogen and oxygen atoms in total. The maximum Gasteiger partial charge on any atom is 0.326 e. The standard InChI is InChI=1S/C10H17N3O4S/c11-8(14)5-7(9(15)16)13-10(17)12-6-1-3-18-4-2-6/h6-7H,1-5H2,(H2,11,14)(H,15,16)(H2,12,13,17). The van der Waals surface area contributed by atoms with Gasteiger partial charge in [0.25, 0.3) is 0 Å². The van der Waals surface area contributed by atoms with E-state index in [1.54, 1.807) is 0 Å². The second kappa shape index (κ2) is 7.10. The maximum atomic E-state index is 11.6. The molecule has 102 valence electrons. The Morgan fingerprint density at radius 2 is 1.94 bits per heavy atom. The van der Waals surface area contributed by atoms with Crippen LogP contribution in [-0.4, -0.2) is 46.6 Å². The Hall–Kier alpha value is -1.44. The minimum Gasteiger partial charge on any atom is -0.480 e. The van der Waals surface area contributed by atoms with E-state index in [9.17, 15) is 14.4 Å². The molecule has 3 amide bonds. The van der Waals surface area contributed by atoms with Crippen molar-refractivity contribution in [3.63, 3.8) is 0 Å². The molecule has 1 heterocycles. The van der Waals surface area contributed by atoms with Crippen LogP contribution in [0.1, 0.15) is 19.3 Å². The SMILES string of the molecule is NC(=O)CC(NC(=O)NC1CCSCC1)C(=O)O. The molecule has 1 unspecified atom stereocenters. The Balaban J connectivity index is 2.40. The molecule has 0 aromatic heterocycles. The fourth-order valence-corrected chi connectivity index (χ4v) is 2.73. The van der Waals surface area contributed by atoms with Gasteiger partial charge in [-0.2, -0.15) is 11.8 Å². The lowest BCUT2D eigenvalue weighted by molar-refractivity contribution is -0.140. The number of urea groups is 1. The summed E-state index contributed by atoms with van der Waals surface area (Å²) in [6, 6.07) is -1.78. The maximum absolute atomic E-state index is 11.6. The molecule has 0 aliphatic carbocycles. The molecule has 0 bridgehead atoms. The second-order valence-corrected chi connectivity index (χ2v) is 5.29. The van der Waals surface area contributed by atoms with Crippen LogP contribution in [0.25, 0.3) is 0 Å². The fourth-order valence-electron chi connectivity index (χ4n) is 1.63. The van der Waals surface area contributed by atoms with Crippen molar-refractivity contribution >= 4 is 29.7 Å². The third-order valence-electron chi connectivity index (χ3n) is 2.57. The summed E-state index contributed by atoms with van der Waals surface area (Å²) in [5.41, 5.74) is 4.91. The van der Waals surface area contributed by atoms with Crippen molar-refractivity contribution in [2.75, 3.05) is 11.5 Å². The van der Waals surface area contributed by atoms with Gasteiger partial charge in [0, 0.05) is 6.04 Å². The summed E-state index contributed by atoms with van der Waals surface area (Å²) in [5.74, 6) is -0.0803.